The van der Waals surface area contributed by atoms with Gasteiger partial charge in [0.1, 0.15) is 17.3 Å². The zero-order valence-corrected chi connectivity index (χ0v) is 17.1. The maximum atomic E-state index is 13.6. The van der Waals surface area contributed by atoms with Crippen LogP contribution in [0.5, 0.6) is 0 Å². The fraction of sp³-hybridized carbons (Fsp3) is 0.130. The van der Waals surface area contributed by atoms with Gasteiger partial charge in [-0.3, -0.25) is 14.5 Å². The maximum Gasteiger partial charge on any atom is 0.269 e. The van der Waals surface area contributed by atoms with Crippen molar-refractivity contribution in [1.82, 2.24) is 4.31 Å². The summed E-state index contributed by atoms with van der Waals surface area (Å²) in [6, 6.07) is 17.8. The highest BCUT2D eigenvalue weighted by atomic mass is 32.2. The summed E-state index contributed by atoms with van der Waals surface area (Å²) in [5, 5.41) is 0. The molecule has 3 aromatic rings. The normalized spacial score (nSPS) is 16.4. The lowest BCUT2D eigenvalue weighted by atomic mass is 10.0. The zero-order valence-electron chi connectivity index (χ0n) is 16.3. The number of nitrogens with zero attached hydrogens (tertiary/aromatic N) is 2. The van der Waals surface area contributed by atoms with Crippen LogP contribution >= 0.6 is 0 Å². The summed E-state index contributed by atoms with van der Waals surface area (Å²) in [6.45, 7) is -0.680. The smallest absolute Gasteiger partial charge is 0.269 e. The van der Waals surface area contributed by atoms with E-state index in [0.29, 0.717) is 15.7 Å². The number of amides is 2. The number of carbonyl (C=O) groups excluding carboxylic acids is 2. The Morgan fingerprint density at radius 3 is 2.10 bits per heavy atom. The van der Waals surface area contributed by atoms with E-state index in [4.69, 9.17) is 0 Å². The molecule has 2 aliphatic heterocycles. The van der Waals surface area contributed by atoms with Crippen LogP contribution in [0.3, 0.4) is 0 Å². The second-order valence-corrected chi connectivity index (χ2v) is 9.27. The van der Waals surface area contributed by atoms with Gasteiger partial charge in [-0.05, 0) is 54.3 Å². The Morgan fingerprint density at radius 2 is 1.48 bits per heavy atom. The molecule has 0 aromatic heterocycles. The van der Waals surface area contributed by atoms with Gasteiger partial charge in [0.2, 0.25) is 0 Å². The highest BCUT2D eigenvalue weighted by Crippen LogP contribution is 2.37. The average molecular weight is 436 g/mol. The molecule has 0 saturated carbocycles. The lowest BCUT2D eigenvalue weighted by Crippen LogP contribution is -2.41. The SMILES string of the molecule is O=C(CN1C(=O)c2ccc(F)cc2S1(=O)=O)N1c2ccccc2CCc2ccccc21. The van der Waals surface area contributed by atoms with E-state index in [9.17, 15) is 22.4 Å². The third-order valence-corrected chi connectivity index (χ3v) is 7.39. The molecule has 0 saturated heterocycles. The van der Waals surface area contributed by atoms with Gasteiger partial charge in [-0.1, -0.05) is 36.4 Å². The molecule has 0 N–H and O–H groups in total. The first-order valence-corrected chi connectivity index (χ1v) is 11.2. The Bertz CT molecular complexity index is 1310. The van der Waals surface area contributed by atoms with Crippen molar-refractivity contribution >= 4 is 33.2 Å². The predicted molar refractivity (Wildman–Crippen MR) is 112 cm³/mol. The first-order valence-electron chi connectivity index (χ1n) is 9.73. The number of carbonyl (C=O) groups is 2. The van der Waals surface area contributed by atoms with Crippen molar-refractivity contribution in [2.24, 2.45) is 0 Å². The van der Waals surface area contributed by atoms with Crippen molar-refractivity contribution in [3.8, 4) is 0 Å². The molecule has 2 amide bonds. The predicted octanol–water partition coefficient (Wildman–Crippen LogP) is 3.43. The number of aryl methyl sites for hydroxylation is 2. The number of hydrogen-bond acceptors (Lipinski definition) is 4. The average Bonchev–Trinajstić information content (AvgIpc) is 2.88. The summed E-state index contributed by atoms with van der Waals surface area (Å²) in [6.07, 6.45) is 1.45. The van der Waals surface area contributed by atoms with E-state index in [1.54, 1.807) is 12.1 Å². The van der Waals surface area contributed by atoms with E-state index >= 15 is 0 Å². The molecule has 156 valence electrons. The van der Waals surface area contributed by atoms with Crippen LogP contribution in [-0.2, 0) is 27.7 Å². The summed E-state index contributed by atoms with van der Waals surface area (Å²) in [5.41, 5.74) is 3.09. The summed E-state index contributed by atoms with van der Waals surface area (Å²) in [7, 11) is -4.32. The lowest BCUT2D eigenvalue weighted by molar-refractivity contribution is -0.117. The Hall–Kier alpha value is -3.52. The minimum atomic E-state index is -4.32. The highest BCUT2D eigenvalue weighted by molar-refractivity contribution is 7.90. The molecule has 3 aromatic carbocycles. The van der Waals surface area contributed by atoms with E-state index < -0.39 is 39.1 Å². The number of sulfonamides is 1. The number of rotatable bonds is 2. The molecule has 2 aliphatic rings. The molecule has 0 radical (unpaired) electrons. The monoisotopic (exact) mass is 436 g/mol. The van der Waals surface area contributed by atoms with Gasteiger partial charge < -0.3 is 0 Å². The molecule has 0 fully saturated rings. The van der Waals surface area contributed by atoms with Crippen molar-refractivity contribution in [2.75, 3.05) is 11.4 Å². The quantitative estimate of drug-likeness (QED) is 0.617. The second-order valence-electron chi connectivity index (χ2n) is 7.44. The van der Waals surface area contributed by atoms with Crippen molar-refractivity contribution in [1.29, 1.82) is 0 Å². The van der Waals surface area contributed by atoms with E-state index in [-0.39, 0.29) is 5.56 Å². The van der Waals surface area contributed by atoms with Gasteiger partial charge in [0.25, 0.3) is 21.8 Å². The van der Waals surface area contributed by atoms with Crippen LogP contribution < -0.4 is 4.90 Å². The molecular formula is C23H17FN2O4S. The molecule has 0 bridgehead atoms. The van der Waals surface area contributed by atoms with Crippen molar-refractivity contribution in [2.45, 2.75) is 17.7 Å². The van der Waals surface area contributed by atoms with Crippen LogP contribution in [0.25, 0.3) is 0 Å². The van der Waals surface area contributed by atoms with Gasteiger partial charge in [-0.15, -0.1) is 0 Å². The molecule has 0 spiro atoms. The number of halogens is 1. The third kappa shape index (κ3) is 3.02. The Kier molecular flexibility index (Phi) is 4.40. The Labute approximate surface area is 178 Å². The number of fused-ring (bicyclic) bond motifs is 3. The van der Waals surface area contributed by atoms with E-state index in [1.165, 1.54) is 4.90 Å². The van der Waals surface area contributed by atoms with E-state index in [0.717, 1.165) is 42.2 Å². The van der Waals surface area contributed by atoms with Crippen molar-refractivity contribution < 1.29 is 22.4 Å². The minimum Gasteiger partial charge on any atom is -0.279 e. The fourth-order valence-corrected chi connectivity index (χ4v) is 5.68. The molecule has 0 atom stereocenters. The Balaban J connectivity index is 1.57. The van der Waals surface area contributed by atoms with Crippen LogP contribution in [0, 0.1) is 5.82 Å². The van der Waals surface area contributed by atoms with E-state index in [2.05, 4.69) is 0 Å². The van der Waals surface area contributed by atoms with Gasteiger partial charge in [-0.25, -0.2) is 17.1 Å². The topological polar surface area (TPSA) is 74.8 Å². The van der Waals surface area contributed by atoms with Crippen LogP contribution in [0.2, 0.25) is 0 Å². The molecule has 31 heavy (non-hydrogen) atoms. The summed E-state index contributed by atoms with van der Waals surface area (Å²) < 4.78 is 39.9. The summed E-state index contributed by atoms with van der Waals surface area (Å²) in [5.74, 6) is -2.16. The number of para-hydroxylation sites is 2. The van der Waals surface area contributed by atoms with Gasteiger partial charge >= 0.3 is 0 Å². The first kappa shape index (κ1) is 19.4. The summed E-state index contributed by atoms with van der Waals surface area (Å²) in [4.78, 5) is 27.3. The minimum absolute atomic E-state index is 0.133. The maximum absolute atomic E-state index is 13.6. The number of anilines is 2. The van der Waals surface area contributed by atoms with E-state index in [1.807, 2.05) is 36.4 Å². The van der Waals surface area contributed by atoms with Crippen LogP contribution in [0.15, 0.2) is 71.6 Å². The van der Waals surface area contributed by atoms with Gasteiger partial charge in [0.15, 0.2) is 0 Å². The van der Waals surface area contributed by atoms with Gasteiger partial charge in [-0.2, -0.15) is 0 Å². The molecule has 5 rings (SSSR count). The lowest BCUT2D eigenvalue weighted by Gasteiger charge is -2.26. The van der Waals surface area contributed by atoms with Crippen molar-refractivity contribution in [3.05, 3.63) is 89.2 Å². The van der Waals surface area contributed by atoms with Gasteiger partial charge in [0.05, 0.1) is 16.9 Å². The number of hydrogen-bond donors (Lipinski definition) is 0. The number of benzene rings is 3. The molecule has 6 nitrogen and oxygen atoms in total. The Morgan fingerprint density at radius 1 is 0.903 bits per heavy atom. The standard InChI is InChI=1S/C23H17FN2O4S/c24-17-11-12-18-21(13-17)31(29,30)25(23(18)28)14-22(27)26-19-7-3-1-5-15(19)9-10-16-6-2-4-8-20(16)26/h1-8,11-13H,9-10,14H2. The fourth-order valence-electron chi connectivity index (χ4n) is 4.15. The van der Waals surface area contributed by atoms with Crippen molar-refractivity contribution in [3.63, 3.8) is 0 Å². The molecule has 8 heteroatoms. The van der Waals surface area contributed by atoms with Crippen LogP contribution in [0.1, 0.15) is 21.5 Å². The largest absolute Gasteiger partial charge is 0.279 e. The molecule has 0 unspecified atom stereocenters. The summed E-state index contributed by atoms with van der Waals surface area (Å²) >= 11 is 0. The molecular weight excluding hydrogens is 419 g/mol. The van der Waals surface area contributed by atoms with Crippen LogP contribution in [0.4, 0.5) is 15.8 Å². The molecule has 0 aliphatic carbocycles. The first-order chi connectivity index (χ1) is 14.9. The zero-order chi connectivity index (χ0) is 21.8. The highest BCUT2D eigenvalue weighted by Gasteiger charge is 2.43. The molecule has 2 heterocycles. The second kappa shape index (κ2) is 7.02. The third-order valence-electron chi connectivity index (χ3n) is 5.63. The van der Waals surface area contributed by atoms with Gasteiger partial charge in [0, 0.05) is 0 Å². The van der Waals surface area contributed by atoms with Crippen LogP contribution in [-0.4, -0.2) is 31.1 Å².